The summed E-state index contributed by atoms with van der Waals surface area (Å²) >= 11 is 1.47. The molecule has 0 N–H and O–H groups in total. The molecule has 0 spiro atoms. The maximum Gasteiger partial charge on any atom is 0.257 e. The maximum absolute atomic E-state index is 11.6. The Kier molecular flexibility index (Phi) is 1.98. The van der Waals surface area contributed by atoms with Crippen molar-refractivity contribution in [2.24, 2.45) is 0 Å². The summed E-state index contributed by atoms with van der Waals surface area (Å²) in [7, 11) is 0. The fraction of sp³-hybridized carbons (Fsp3) is 0.750. The van der Waals surface area contributed by atoms with Gasteiger partial charge in [-0.15, -0.1) is 0 Å². The lowest BCUT2D eigenvalue weighted by Crippen LogP contribution is -2.53. The van der Waals surface area contributed by atoms with Crippen molar-refractivity contribution >= 4 is 23.6 Å². The largest absolute Gasteiger partial charge is 0.320 e. The highest BCUT2D eigenvalue weighted by atomic mass is 32.2. The number of piperazine rings is 1. The Labute approximate surface area is 81.2 Å². The number of nitrogens with zero attached hydrogens (tertiary/aromatic N) is 2. The van der Waals surface area contributed by atoms with Crippen molar-refractivity contribution in [2.75, 3.05) is 13.1 Å². The fourth-order valence-electron chi connectivity index (χ4n) is 1.81. The number of amides is 2. The third kappa shape index (κ3) is 0.995. The molecule has 5 heteroatoms. The summed E-state index contributed by atoms with van der Waals surface area (Å²) in [5.41, 5.74) is 0. The van der Waals surface area contributed by atoms with E-state index in [1.165, 1.54) is 11.8 Å². The van der Waals surface area contributed by atoms with E-state index in [0.29, 0.717) is 13.1 Å². The lowest BCUT2D eigenvalue weighted by atomic mass is 10.3. The van der Waals surface area contributed by atoms with Crippen LogP contribution < -0.4 is 0 Å². The van der Waals surface area contributed by atoms with Crippen LogP contribution in [0.25, 0.3) is 0 Å². The lowest BCUT2D eigenvalue weighted by molar-refractivity contribution is -0.150. The Morgan fingerprint density at radius 3 is 1.77 bits per heavy atom. The SMILES string of the molecule is CCN1C(=O)C2SC1C(=O)N2CC. The van der Waals surface area contributed by atoms with E-state index in [0.717, 1.165) is 0 Å². The normalized spacial score (nSPS) is 32.2. The van der Waals surface area contributed by atoms with E-state index in [4.69, 9.17) is 0 Å². The van der Waals surface area contributed by atoms with Crippen molar-refractivity contribution in [2.45, 2.75) is 24.6 Å². The van der Waals surface area contributed by atoms with Gasteiger partial charge in [0.1, 0.15) is 0 Å². The van der Waals surface area contributed by atoms with Gasteiger partial charge in [-0.05, 0) is 13.8 Å². The molecule has 0 radical (unpaired) electrons. The molecule has 2 fully saturated rings. The van der Waals surface area contributed by atoms with Crippen LogP contribution in [0.2, 0.25) is 0 Å². The van der Waals surface area contributed by atoms with Gasteiger partial charge in [-0.2, -0.15) is 0 Å². The van der Waals surface area contributed by atoms with Gasteiger partial charge < -0.3 is 9.80 Å². The predicted molar refractivity (Wildman–Crippen MR) is 49.9 cm³/mol. The molecular weight excluding hydrogens is 188 g/mol. The molecule has 0 aromatic heterocycles. The molecule has 0 aromatic rings. The zero-order valence-electron chi connectivity index (χ0n) is 7.69. The summed E-state index contributed by atoms with van der Waals surface area (Å²) in [5, 5.41) is -0.468. The third-order valence-electron chi connectivity index (χ3n) is 2.49. The van der Waals surface area contributed by atoms with E-state index >= 15 is 0 Å². The van der Waals surface area contributed by atoms with E-state index in [-0.39, 0.29) is 22.6 Å². The van der Waals surface area contributed by atoms with Gasteiger partial charge in [0.05, 0.1) is 0 Å². The van der Waals surface area contributed by atoms with Crippen LogP contribution in [-0.2, 0) is 9.59 Å². The molecule has 72 valence electrons. The quantitative estimate of drug-likeness (QED) is 0.634. The molecule has 0 aliphatic carbocycles. The second-order valence-corrected chi connectivity index (χ2v) is 4.25. The van der Waals surface area contributed by atoms with Crippen LogP contribution in [0.5, 0.6) is 0 Å². The number of carbonyl (C=O) groups excluding carboxylic acids is 2. The number of fused-ring (bicyclic) bond motifs is 2. The Hall–Kier alpha value is -0.710. The molecule has 2 atom stereocenters. The zero-order chi connectivity index (χ0) is 9.59. The number of hydrogen-bond donors (Lipinski definition) is 0. The molecule has 0 saturated carbocycles. The molecule has 2 rings (SSSR count). The molecular formula is C8H12N2O2S. The van der Waals surface area contributed by atoms with Gasteiger partial charge in [0.25, 0.3) is 11.8 Å². The monoisotopic (exact) mass is 200 g/mol. The molecule has 2 saturated heterocycles. The maximum atomic E-state index is 11.6. The van der Waals surface area contributed by atoms with Crippen LogP contribution in [-0.4, -0.2) is 45.5 Å². The molecule has 0 aromatic carbocycles. The average molecular weight is 200 g/mol. The minimum absolute atomic E-state index is 0.0963. The summed E-state index contributed by atoms with van der Waals surface area (Å²) in [6.45, 7) is 5.08. The van der Waals surface area contributed by atoms with Crippen molar-refractivity contribution in [1.82, 2.24) is 9.80 Å². The third-order valence-corrected chi connectivity index (χ3v) is 3.92. The number of likely N-dealkylation sites (N-methyl/N-ethyl adjacent to an activating group) is 2. The second-order valence-electron chi connectivity index (χ2n) is 3.09. The summed E-state index contributed by atoms with van der Waals surface area (Å²) in [6, 6.07) is 0. The van der Waals surface area contributed by atoms with Gasteiger partial charge >= 0.3 is 0 Å². The second kappa shape index (κ2) is 2.90. The number of thioether (sulfide) groups is 1. The number of hydrogen-bond acceptors (Lipinski definition) is 3. The van der Waals surface area contributed by atoms with Crippen molar-refractivity contribution < 1.29 is 9.59 Å². The Bertz CT molecular complexity index is 243. The first-order valence-electron chi connectivity index (χ1n) is 4.47. The smallest absolute Gasteiger partial charge is 0.257 e. The lowest BCUT2D eigenvalue weighted by Gasteiger charge is -2.30. The first-order chi connectivity index (χ1) is 6.20. The standard InChI is InChI=1S/C8H12N2O2S/c1-3-9-5(11)8-10(4-2)6(12)7(9)13-8/h7-8H,3-4H2,1-2H3. The van der Waals surface area contributed by atoms with E-state index in [2.05, 4.69) is 0 Å². The van der Waals surface area contributed by atoms with Crippen LogP contribution in [0, 0.1) is 0 Å². The van der Waals surface area contributed by atoms with Gasteiger partial charge in [0.15, 0.2) is 10.7 Å². The fourth-order valence-corrected chi connectivity index (χ4v) is 3.36. The summed E-state index contributed by atoms with van der Waals surface area (Å²) in [5.74, 6) is 0.193. The Morgan fingerprint density at radius 1 is 1.08 bits per heavy atom. The minimum Gasteiger partial charge on any atom is -0.320 e. The number of carbonyl (C=O) groups is 2. The molecule has 13 heavy (non-hydrogen) atoms. The van der Waals surface area contributed by atoms with E-state index < -0.39 is 0 Å². The first kappa shape index (κ1) is 8.87. The van der Waals surface area contributed by atoms with Crippen molar-refractivity contribution in [3.05, 3.63) is 0 Å². The van der Waals surface area contributed by atoms with Crippen LogP contribution in [0.1, 0.15) is 13.8 Å². The predicted octanol–water partition coefficient (Wildman–Crippen LogP) is 0.0960. The molecule has 2 unspecified atom stereocenters. The van der Waals surface area contributed by atoms with E-state index in [9.17, 15) is 9.59 Å². The van der Waals surface area contributed by atoms with Crippen LogP contribution in [0.15, 0.2) is 0 Å². The van der Waals surface area contributed by atoms with Gasteiger partial charge in [-0.25, -0.2) is 0 Å². The molecule has 2 amide bonds. The van der Waals surface area contributed by atoms with Gasteiger partial charge in [0.2, 0.25) is 0 Å². The molecule has 2 heterocycles. The molecule has 2 bridgehead atoms. The van der Waals surface area contributed by atoms with Crippen LogP contribution >= 0.6 is 11.8 Å². The molecule has 4 nitrogen and oxygen atoms in total. The van der Waals surface area contributed by atoms with Crippen molar-refractivity contribution in [3.63, 3.8) is 0 Å². The highest BCUT2D eigenvalue weighted by Crippen LogP contribution is 2.41. The zero-order valence-corrected chi connectivity index (χ0v) is 8.50. The summed E-state index contributed by atoms with van der Waals surface area (Å²) in [4.78, 5) is 26.6. The Morgan fingerprint density at radius 2 is 1.46 bits per heavy atom. The van der Waals surface area contributed by atoms with Crippen LogP contribution in [0.4, 0.5) is 0 Å². The van der Waals surface area contributed by atoms with E-state index in [1.807, 2.05) is 13.8 Å². The average Bonchev–Trinajstić information content (AvgIpc) is 2.59. The summed E-state index contributed by atoms with van der Waals surface area (Å²) in [6.07, 6.45) is 0. The highest BCUT2D eigenvalue weighted by molar-refractivity contribution is 8.02. The molecule has 2 aliphatic heterocycles. The van der Waals surface area contributed by atoms with Gasteiger partial charge in [-0.3, -0.25) is 9.59 Å². The van der Waals surface area contributed by atoms with Gasteiger partial charge in [0, 0.05) is 13.1 Å². The first-order valence-corrected chi connectivity index (χ1v) is 5.41. The summed E-state index contributed by atoms with van der Waals surface area (Å²) < 4.78 is 0. The van der Waals surface area contributed by atoms with Gasteiger partial charge in [-0.1, -0.05) is 11.8 Å². The van der Waals surface area contributed by atoms with Crippen LogP contribution in [0.3, 0.4) is 0 Å². The number of rotatable bonds is 2. The topological polar surface area (TPSA) is 40.6 Å². The van der Waals surface area contributed by atoms with Crippen molar-refractivity contribution in [3.8, 4) is 0 Å². The Balaban J connectivity index is 2.25. The van der Waals surface area contributed by atoms with E-state index in [1.54, 1.807) is 9.80 Å². The molecule has 2 aliphatic rings. The minimum atomic E-state index is -0.234. The van der Waals surface area contributed by atoms with Crippen molar-refractivity contribution in [1.29, 1.82) is 0 Å². The highest BCUT2D eigenvalue weighted by Gasteiger charge is 2.54.